The normalized spacial score (nSPS) is 48.9. The molecule has 0 radical (unpaired) electrons. The molecular formula is C15H27N. The van der Waals surface area contributed by atoms with Gasteiger partial charge >= 0.3 is 0 Å². The molecule has 3 aliphatic rings. The third-order valence-corrected chi connectivity index (χ3v) is 5.27. The fraction of sp³-hybridized carbons (Fsp3) is 1.00. The first-order chi connectivity index (χ1) is 7.84. The third kappa shape index (κ3) is 1.92. The van der Waals surface area contributed by atoms with Crippen LogP contribution in [0.4, 0.5) is 0 Å². The maximum Gasteiger partial charge on any atom is 0.0443 e. The number of fused-ring (bicyclic) bond motifs is 2. The summed E-state index contributed by atoms with van der Waals surface area (Å²) in [6, 6.07) is 2.04. The van der Waals surface area contributed by atoms with E-state index < -0.39 is 0 Å². The van der Waals surface area contributed by atoms with E-state index in [2.05, 4.69) is 11.8 Å². The number of nitrogens with zero attached hydrogens (tertiary/aromatic N) is 1. The van der Waals surface area contributed by atoms with E-state index >= 15 is 0 Å². The van der Waals surface area contributed by atoms with Crippen molar-refractivity contribution in [3.63, 3.8) is 0 Å². The number of rotatable bonds is 0. The van der Waals surface area contributed by atoms with Gasteiger partial charge in [0.15, 0.2) is 0 Å². The Hall–Kier alpha value is -0.0400. The topological polar surface area (TPSA) is 3.01 Å². The monoisotopic (exact) mass is 221 g/mol. The quantitative estimate of drug-likeness (QED) is 0.556. The lowest BCUT2D eigenvalue weighted by atomic mass is 9.90. The zero-order valence-electron chi connectivity index (χ0n) is 10.9. The maximum absolute atomic E-state index is 2.79. The standard InChI is InChI=1S/C15H27N/c1-15-12-10-8-6-4-2-3-5-7-9-11-13-14(15)16(13)15/h13-14H,2-12H2,1H3. The fourth-order valence-electron chi connectivity index (χ4n) is 4.12. The predicted octanol–water partition coefficient (Wildman–Crippen LogP) is 4.12. The minimum atomic E-state index is 0.675. The van der Waals surface area contributed by atoms with Gasteiger partial charge in [0.2, 0.25) is 0 Å². The average Bonchev–Trinajstić information content (AvgIpc) is 3.14. The molecule has 0 spiro atoms. The highest BCUT2D eigenvalue weighted by Gasteiger charge is 2.77. The summed E-state index contributed by atoms with van der Waals surface area (Å²) < 4.78 is 0. The predicted molar refractivity (Wildman–Crippen MR) is 68.6 cm³/mol. The van der Waals surface area contributed by atoms with Gasteiger partial charge in [0, 0.05) is 17.6 Å². The average molecular weight is 221 g/mol. The molecule has 4 unspecified atom stereocenters. The minimum Gasteiger partial charge on any atom is -0.285 e. The first-order valence-electron chi connectivity index (χ1n) is 7.62. The van der Waals surface area contributed by atoms with Crippen LogP contribution in [0.2, 0.25) is 0 Å². The molecule has 2 heterocycles. The second-order valence-electron chi connectivity index (χ2n) is 6.50. The molecule has 0 N–H and O–H groups in total. The molecule has 0 aromatic rings. The molecule has 1 aliphatic carbocycles. The molecule has 92 valence electrons. The van der Waals surface area contributed by atoms with Crippen molar-refractivity contribution in [3.05, 3.63) is 0 Å². The summed E-state index contributed by atoms with van der Waals surface area (Å²) in [7, 11) is 0. The van der Waals surface area contributed by atoms with E-state index in [1.807, 2.05) is 0 Å². The Morgan fingerprint density at radius 1 is 0.812 bits per heavy atom. The summed E-state index contributed by atoms with van der Waals surface area (Å²) in [6.07, 6.45) is 16.4. The number of hydrogen-bond acceptors (Lipinski definition) is 1. The molecule has 2 aliphatic heterocycles. The van der Waals surface area contributed by atoms with E-state index in [1.165, 1.54) is 70.6 Å². The zero-order valence-corrected chi connectivity index (χ0v) is 10.9. The summed E-state index contributed by atoms with van der Waals surface area (Å²) in [5.41, 5.74) is 0.675. The molecule has 0 bridgehead atoms. The summed E-state index contributed by atoms with van der Waals surface area (Å²) in [5.74, 6) is 0. The Morgan fingerprint density at radius 2 is 1.31 bits per heavy atom. The fourth-order valence-corrected chi connectivity index (χ4v) is 4.12. The smallest absolute Gasteiger partial charge is 0.0443 e. The largest absolute Gasteiger partial charge is 0.285 e. The van der Waals surface area contributed by atoms with E-state index in [0.717, 1.165) is 12.1 Å². The van der Waals surface area contributed by atoms with Crippen molar-refractivity contribution in [2.24, 2.45) is 0 Å². The van der Waals surface area contributed by atoms with Crippen molar-refractivity contribution in [1.82, 2.24) is 4.90 Å². The van der Waals surface area contributed by atoms with Crippen molar-refractivity contribution in [1.29, 1.82) is 0 Å². The van der Waals surface area contributed by atoms with Crippen LogP contribution in [0.1, 0.15) is 77.6 Å². The molecule has 4 atom stereocenters. The van der Waals surface area contributed by atoms with Crippen molar-refractivity contribution in [2.45, 2.75) is 95.2 Å². The van der Waals surface area contributed by atoms with Gasteiger partial charge < -0.3 is 0 Å². The lowest BCUT2D eigenvalue weighted by molar-refractivity contribution is 0.336. The van der Waals surface area contributed by atoms with Crippen LogP contribution < -0.4 is 0 Å². The first kappa shape index (κ1) is 11.1. The minimum absolute atomic E-state index is 0.675. The molecule has 1 nitrogen and oxygen atoms in total. The highest BCUT2D eigenvalue weighted by Crippen LogP contribution is 2.64. The van der Waals surface area contributed by atoms with E-state index in [0.29, 0.717) is 5.54 Å². The van der Waals surface area contributed by atoms with Gasteiger partial charge in [0.1, 0.15) is 0 Å². The Morgan fingerprint density at radius 3 is 1.94 bits per heavy atom. The zero-order chi connectivity index (χ0) is 11.0. The molecule has 3 fully saturated rings. The van der Waals surface area contributed by atoms with Crippen LogP contribution >= 0.6 is 0 Å². The van der Waals surface area contributed by atoms with Crippen molar-refractivity contribution < 1.29 is 0 Å². The van der Waals surface area contributed by atoms with Gasteiger partial charge in [-0.3, -0.25) is 4.90 Å². The molecular weight excluding hydrogens is 194 g/mol. The molecule has 0 aromatic carbocycles. The molecule has 1 saturated carbocycles. The van der Waals surface area contributed by atoms with Crippen LogP contribution in [0.25, 0.3) is 0 Å². The van der Waals surface area contributed by atoms with Gasteiger partial charge in [-0.2, -0.15) is 0 Å². The van der Waals surface area contributed by atoms with E-state index in [1.54, 1.807) is 0 Å². The number of hydrogen-bond donors (Lipinski definition) is 0. The lowest BCUT2D eigenvalue weighted by Gasteiger charge is -2.21. The molecule has 1 heteroatoms. The van der Waals surface area contributed by atoms with Gasteiger partial charge in [0.25, 0.3) is 0 Å². The van der Waals surface area contributed by atoms with E-state index in [9.17, 15) is 0 Å². The second kappa shape index (κ2) is 4.33. The summed E-state index contributed by atoms with van der Waals surface area (Å²) in [4.78, 5) is 2.79. The van der Waals surface area contributed by atoms with Gasteiger partial charge in [-0.1, -0.05) is 57.8 Å². The lowest BCUT2D eigenvalue weighted by Crippen LogP contribution is -2.29. The van der Waals surface area contributed by atoms with Gasteiger partial charge in [-0.15, -0.1) is 0 Å². The van der Waals surface area contributed by atoms with E-state index in [4.69, 9.17) is 0 Å². The highest BCUT2D eigenvalue weighted by molar-refractivity contribution is 5.34. The van der Waals surface area contributed by atoms with Gasteiger partial charge in [-0.25, -0.2) is 0 Å². The molecule has 0 amide bonds. The summed E-state index contributed by atoms with van der Waals surface area (Å²) in [6.45, 7) is 2.50. The maximum atomic E-state index is 2.79. The molecule has 2 saturated heterocycles. The summed E-state index contributed by atoms with van der Waals surface area (Å²) >= 11 is 0. The Kier molecular flexibility index (Phi) is 2.99. The third-order valence-electron chi connectivity index (χ3n) is 5.27. The van der Waals surface area contributed by atoms with Crippen LogP contribution in [0.5, 0.6) is 0 Å². The highest BCUT2D eigenvalue weighted by atomic mass is 15.6. The molecule has 0 aromatic heterocycles. The second-order valence-corrected chi connectivity index (χ2v) is 6.50. The SMILES string of the molecule is CC12CCCCCCCCCCCC3C1N32. The summed E-state index contributed by atoms with van der Waals surface area (Å²) in [5, 5.41) is 0. The first-order valence-corrected chi connectivity index (χ1v) is 7.62. The van der Waals surface area contributed by atoms with Gasteiger partial charge in [0.05, 0.1) is 0 Å². The van der Waals surface area contributed by atoms with Gasteiger partial charge in [-0.05, 0) is 19.8 Å². The van der Waals surface area contributed by atoms with Crippen LogP contribution in [-0.4, -0.2) is 22.5 Å². The molecule has 3 rings (SSSR count). The van der Waals surface area contributed by atoms with E-state index in [-0.39, 0.29) is 0 Å². The molecule has 16 heavy (non-hydrogen) atoms. The van der Waals surface area contributed by atoms with Crippen molar-refractivity contribution in [2.75, 3.05) is 0 Å². The van der Waals surface area contributed by atoms with Crippen LogP contribution in [0.3, 0.4) is 0 Å². The van der Waals surface area contributed by atoms with Crippen LogP contribution in [-0.2, 0) is 0 Å². The van der Waals surface area contributed by atoms with Crippen molar-refractivity contribution >= 4 is 0 Å². The van der Waals surface area contributed by atoms with Crippen molar-refractivity contribution in [3.8, 4) is 0 Å². The Labute approximate surface area is 101 Å². The van der Waals surface area contributed by atoms with Crippen LogP contribution in [0, 0.1) is 0 Å². The van der Waals surface area contributed by atoms with Crippen LogP contribution in [0.15, 0.2) is 0 Å². The Bertz CT molecular complexity index is 238. The Balaban J connectivity index is 1.45.